The third-order valence-corrected chi connectivity index (χ3v) is 3.45. The Balaban J connectivity index is 1.84. The van der Waals surface area contributed by atoms with Crippen LogP contribution in [-0.4, -0.2) is 54.8 Å². The first kappa shape index (κ1) is 15.1. The van der Waals surface area contributed by atoms with Crippen LogP contribution in [0.3, 0.4) is 0 Å². The molecular weight excluding hydrogens is 274 g/mol. The number of rotatable bonds is 5. The van der Waals surface area contributed by atoms with Crippen LogP contribution in [0.5, 0.6) is 5.75 Å². The smallest absolute Gasteiger partial charge is 0.260 e. The molecule has 21 heavy (non-hydrogen) atoms. The molecule has 0 spiro atoms. The number of benzene rings is 1. The molecule has 0 radical (unpaired) electrons. The molecule has 1 aromatic rings. The molecule has 7 heteroatoms. The van der Waals surface area contributed by atoms with Crippen molar-refractivity contribution < 1.29 is 19.5 Å². The van der Waals surface area contributed by atoms with E-state index in [0.717, 1.165) is 6.42 Å². The molecule has 7 nitrogen and oxygen atoms in total. The highest BCUT2D eigenvalue weighted by atomic mass is 16.5. The molecule has 0 saturated carbocycles. The van der Waals surface area contributed by atoms with Gasteiger partial charge in [0.2, 0.25) is 0 Å². The van der Waals surface area contributed by atoms with Crippen molar-refractivity contribution in [2.75, 3.05) is 26.8 Å². The summed E-state index contributed by atoms with van der Waals surface area (Å²) in [5.41, 5.74) is 6.04. The summed E-state index contributed by atoms with van der Waals surface area (Å²) in [4.78, 5) is 13.7. The molecule has 0 aromatic heterocycles. The van der Waals surface area contributed by atoms with Crippen LogP contribution in [0, 0.1) is 0 Å². The first-order chi connectivity index (χ1) is 10.1. The first-order valence-electron chi connectivity index (χ1n) is 6.65. The van der Waals surface area contributed by atoms with E-state index in [-0.39, 0.29) is 24.5 Å². The van der Waals surface area contributed by atoms with Crippen molar-refractivity contribution in [3.8, 4) is 5.75 Å². The second-order valence-corrected chi connectivity index (χ2v) is 4.78. The largest absolute Gasteiger partial charge is 0.484 e. The minimum absolute atomic E-state index is 0.0145. The number of hydrogen-bond acceptors (Lipinski definition) is 5. The van der Waals surface area contributed by atoms with Gasteiger partial charge in [-0.1, -0.05) is 5.16 Å². The number of hydrogen-bond donors (Lipinski definition) is 2. The summed E-state index contributed by atoms with van der Waals surface area (Å²) in [5, 5.41) is 11.5. The number of methoxy groups -OCH3 is 1. The molecule has 0 bridgehead atoms. The van der Waals surface area contributed by atoms with Crippen LogP contribution in [0.15, 0.2) is 29.4 Å². The molecule has 1 aliphatic heterocycles. The lowest BCUT2D eigenvalue weighted by atomic mass is 10.2. The predicted octanol–water partition coefficient (Wildman–Crippen LogP) is 0.407. The number of carbonyl (C=O) groups excluding carboxylic acids is 1. The molecule has 2 rings (SSSR count). The van der Waals surface area contributed by atoms with Crippen LogP contribution in [0.1, 0.15) is 12.0 Å². The van der Waals surface area contributed by atoms with E-state index in [1.54, 1.807) is 36.3 Å². The maximum absolute atomic E-state index is 12.0. The van der Waals surface area contributed by atoms with Gasteiger partial charge in [0, 0.05) is 25.8 Å². The lowest BCUT2D eigenvalue weighted by Crippen LogP contribution is -2.33. The van der Waals surface area contributed by atoms with Crippen molar-refractivity contribution in [2.45, 2.75) is 12.5 Å². The van der Waals surface area contributed by atoms with Gasteiger partial charge in [-0.3, -0.25) is 4.79 Å². The van der Waals surface area contributed by atoms with Crippen LogP contribution >= 0.6 is 0 Å². The Bertz CT molecular complexity index is 515. The highest BCUT2D eigenvalue weighted by molar-refractivity contribution is 5.97. The van der Waals surface area contributed by atoms with Gasteiger partial charge in [0.1, 0.15) is 5.75 Å². The summed E-state index contributed by atoms with van der Waals surface area (Å²) < 4.78 is 10.7. The van der Waals surface area contributed by atoms with Crippen molar-refractivity contribution in [1.29, 1.82) is 0 Å². The number of nitrogens with two attached hydrogens (primary N) is 1. The molecule has 1 aliphatic rings. The molecule has 1 atom stereocenters. The molecule has 1 amide bonds. The number of amidine groups is 1. The zero-order valence-corrected chi connectivity index (χ0v) is 11.9. The van der Waals surface area contributed by atoms with Crippen molar-refractivity contribution in [3.63, 3.8) is 0 Å². The zero-order valence-electron chi connectivity index (χ0n) is 11.9. The van der Waals surface area contributed by atoms with Crippen molar-refractivity contribution in [1.82, 2.24) is 4.90 Å². The van der Waals surface area contributed by atoms with Gasteiger partial charge in [0.05, 0.1) is 6.10 Å². The molecule has 1 aromatic carbocycles. The molecule has 1 heterocycles. The number of amides is 1. The second-order valence-electron chi connectivity index (χ2n) is 4.78. The van der Waals surface area contributed by atoms with Gasteiger partial charge in [-0.05, 0) is 30.7 Å². The van der Waals surface area contributed by atoms with Gasteiger partial charge in [0.25, 0.3) is 5.91 Å². The highest BCUT2D eigenvalue weighted by Crippen LogP contribution is 2.14. The number of ether oxygens (including phenoxy) is 2. The topological polar surface area (TPSA) is 97.4 Å². The summed E-state index contributed by atoms with van der Waals surface area (Å²) in [6.45, 7) is 1.30. The van der Waals surface area contributed by atoms with Crippen LogP contribution in [-0.2, 0) is 9.53 Å². The molecule has 1 fully saturated rings. The fourth-order valence-electron chi connectivity index (χ4n) is 2.16. The van der Waals surface area contributed by atoms with E-state index in [2.05, 4.69) is 5.16 Å². The third-order valence-electron chi connectivity index (χ3n) is 3.45. The Morgan fingerprint density at radius 1 is 1.48 bits per heavy atom. The highest BCUT2D eigenvalue weighted by Gasteiger charge is 2.26. The normalized spacial score (nSPS) is 18.8. The summed E-state index contributed by atoms with van der Waals surface area (Å²) >= 11 is 0. The Morgan fingerprint density at radius 3 is 2.76 bits per heavy atom. The van der Waals surface area contributed by atoms with E-state index in [1.807, 2.05) is 0 Å². The van der Waals surface area contributed by atoms with E-state index in [4.69, 9.17) is 20.4 Å². The Morgan fingerprint density at radius 2 is 2.19 bits per heavy atom. The quantitative estimate of drug-likeness (QED) is 0.354. The second kappa shape index (κ2) is 6.94. The number of carbonyl (C=O) groups is 1. The van der Waals surface area contributed by atoms with E-state index < -0.39 is 0 Å². The maximum Gasteiger partial charge on any atom is 0.260 e. The Labute approximate surface area is 122 Å². The number of likely N-dealkylation sites (tertiary alicyclic amines) is 1. The van der Waals surface area contributed by atoms with Crippen LogP contribution in [0.2, 0.25) is 0 Å². The van der Waals surface area contributed by atoms with E-state index in [0.29, 0.717) is 24.4 Å². The van der Waals surface area contributed by atoms with Crippen LogP contribution in [0.4, 0.5) is 0 Å². The molecule has 1 saturated heterocycles. The van der Waals surface area contributed by atoms with Gasteiger partial charge < -0.3 is 25.3 Å². The minimum atomic E-state index is -0.0601. The van der Waals surface area contributed by atoms with Gasteiger partial charge in [-0.15, -0.1) is 0 Å². The van der Waals surface area contributed by atoms with Crippen LogP contribution < -0.4 is 10.5 Å². The molecule has 1 unspecified atom stereocenters. The maximum atomic E-state index is 12.0. The predicted molar refractivity (Wildman–Crippen MR) is 76.4 cm³/mol. The first-order valence-corrected chi connectivity index (χ1v) is 6.65. The standard InChI is InChI=1S/C14H19N3O4/c1-20-12-6-7-17(8-12)13(18)9-21-11-4-2-10(3-5-11)14(15)16-19/h2-5,12,19H,6-9H2,1H3,(H2,15,16). The van der Waals surface area contributed by atoms with Gasteiger partial charge in [-0.25, -0.2) is 0 Å². The lowest BCUT2D eigenvalue weighted by molar-refractivity contribution is -0.132. The summed E-state index contributed by atoms with van der Waals surface area (Å²) in [7, 11) is 1.65. The fraction of sp³-hybridized carbons (Fsp3) is 0.429. The van der Waals surface area contributed by atoms with Gasteiger partial charge in [-0.2, -0.15) is 0 Å². The molecule has 3 N–H and O–H groups in total. The number of nitrogens with zero attached hydrogens (tertiary/aromatic N) is 2. The van der Waals surface area contributed by atoms with E-state index in [9.17, 15) is 4.79 Å². The van der Waals surface area contributed by atoms with Crippen LogP contribution in [0.25, 0.3) is 0 Å². The molecular formula is C14H19N3O4. The Hall–Kier alpha value is -2.28. The number of oxime groups is 1. The van der Waals surface area contributed by atoms with Crippen molar-refractivity contribution in [3.05, 3.63) is 29.8 Å². The Kier molecular flexibility index (Phi) is 4.99. The van der Waals surface area contributed by atoms with Gasteiger partial charge >= 0.3 is 0 Å². The average molecular weight is 293 g/mol. The summed E-state index contributed by atoms with van der Waals surface area (Å²) in [6.07, 6.45) is 0.977. The van der Waals surface area contributed by atoms with Crippen molar-refractivity contribution in [2.24, 2.45) is 10.9 Å². The summed E-state index contributed by atoms with van der Waals surface area (Å²) in [6, 6.07) is 6.66. The SMILES string of the molecule is COC1CCN(C(=O)COc2ccc(/C(N)=N/O)cc2)C1. The van der Waals surface area contributed by atoms with E-state index in [1.165, 1.54) is 0 Å². The van der Waals surface area contributed by atoms with Crippen molar-refractivity contribution >= 4 is 11.7 Å². The van der Waals surface area contributed by atoms with E-state index >= 15 is 0 Å². The fourth-order valence-corrected chi connectivity index (χ4v) is 2.16. The average Bonchev–Trinajstić information content (AvgIpc) is 3.01. The monoisotopic (exact) mass is 293 g/mol. The lowest BCUT2D eigenvalue weighted by Gasteiger charge is -2.16. The molecule has 0 aliphatic carbocycles. The molecule has 114 valence electrons. The summed E-state index contributed by atoms with van der Waals surface area (Å²) in [5.74, 6) is 0.524. The minimum Gasteiger partial charge on any atom is -0.484 e. The third kappa shape index (κ3) is 3.85. The zero-order chi connectivity index (χ0) is 15.2. The van der Waals surface area contributed by atoms with Gasteiger partial charge in [0.15, 0.2) is 12.4 Å².